The van der Waals surface area contributed by atoms with Crippen molar-refractivity contribution in [1.82, 2.24) is 5.32 Å². The van der Waals surface area contributed by atoms with Crippen LogP contribution in [0.3, 0.4) is 0 Å². The molecule has 4 aliphatic carbocycles. The maximum atomic E-state index is 12.4. The smallest absolute Gasteiger partial charge is 0.240 e. The van der Waals surface area contributed by atoms with Gasteiger partial charge in [0.15, 0.2) is 0 Å². The van der Waals surface area contributed by atoms with Gasteiger partial charge in [-0.1, -0.05) is 19.3 Å². The third kappa shape index (κ3) is 1.49. The number of amides is 1. The van der Waals surface area contributed by atoms with E-state index in [4.69, 9.17) is 5.73 Å². The molecular weight excluding hydrogens is 224 g/mol. The van der Waals surface area contributed by atoms with Gasteiger partial charge in [0.25, 0.3) is 0 Å². The predicted molar refractivity (Wildman–Crippen MR) is 69.7 cm³/mol. The molecule has 0 spiro atoms. The van der Waals surface area contributed by atoms with Crippen molar-refractivity contribution in [3.8, 4) is 0 Å². The lowest BCUT2D eigenvalue weighted by Crippen LogP contribution is -2.56. The van der Waals surface area contributed by atoms with Gasteiger partial charge in [-0.05, 0) is 55.8 Å². The summed E-state index contributed by atoms with van der Waals surface area (Å²) in [5.41, 5.74) is 5.75. The molecule has 0 heterocycles. The van der Waals surface area contributed by atoms with E-state index in [1.54, 1.807) is 0 Å². The quantitative estimate of drug-likeness (QED) is 0.783. The van der Waals surface area contributed by atoms with E-state index in [-0.39, 0.29) is 5.91 Å². The van der Waals surface area contributed by atoms with Gasteiger partial charge < -0.3 is 11.1 Å². The molecule has 0 radical (unpaired) electrons. The Hall–Kier alpha value is -0.570. The monoisotopic (exact) mass is 248 g/mol. The van der Waals surface area contributed by atoms with Crippen LogP contribution in [0.5, 0.6) is 0 Å². The second kappa shape index (κ2) is 3.72. The van der Waals surface area contributed by atoms with Gasteiger partial charge in [0.05, 0.1) is 5.54 Å². The zero-order valence-electron chi connectivity index (χ0n) is 11.0. The minimum atomic E-state index is -0.547. The number of fused-ring (bicyclic) bond motifs is 5. The highest BCUT2D eigenvalue weighted by molar-refractivity contribution is 5.86. The molecule has 18 heavy (non-hydrogen) atoms. The SMILES string of the molecule is NC1(C(=O)NC2C3C4CCC(C4)C23)CCCCC1. The molecule has 0 aromatic heterocycles. The standard InChI is InChI=1S/C15H24N2O/c16-15(6-2-1-3-7-15)14(18)17-13-11-9-4-5-10(8-9)12(11)13/h9-13H,1-8,16H2,(H,17,18). The molecule has 4 saturated carbocycles. The molecule has 4 atom stereocenters. The van der Waals surface area contributed by atoms with Crippen LogP contribution in [0.4, 0.5) is 0 Å². The first kappa shape index (κ1) is 11.3. The van der Waals surface area contributed by atoms with Gasteiger partial charge in [-0.2, -0.15) is 0 Å². The van der Waals surface area contributed by atoms with Crippen molar-refractivity contribution in [2.75, 3.05) is 0 Å². The van der Waals surface area contributed by atoms with Crippen molar-refractivity contribution in [1.29, 1.82) is 0 Å². The molecule has 0 aliphatic heterocycles. The van der Waals surface area contributed by atoms with Gasteiger partial charge in [-0.15, -0.1) is 0 Å². The zero-order chi connectivity index (χ0) is 12.3. The number of hydrogen-bond acceptors (Lipinski definition) is 2. The van der Waals surface area contributed by atoms with Crippen LogP contribution in [0.1, 0.15) is 51.4 Å². The highest BCUT2D eigenvalue weighted by Crippen LogP contribution is 2.65. The lowest BCUT2D eigenvalue weighted by molar-refractivity contribution is -0.127. The molecule has 4 unspecified atom stereocenters. The van der Waals surface area contributed by atoms with Crippen LogP contribution in [0, 0.1) is 23.7 Å². The summed E-state index contributed by atoms with van der Waals surface area (Å²) in [5, 5.41) is 3.30. The van der Waals surface area contributed by atoms with Gasteiger partial charge in [0, 0.05) is 6.04 Å². The summed E-state index contributed by atoms with van der Waals surface area (Å²) in [5.74, 6) is 3.64. The van der Waals surface area contributed by atoms with Crippen LogP contribution < -0.4 is 11.1 Å². The van der Waals surface area contributed by atoms with Crippen molar-refractivity contribution in [3.63, 3.8) is 0 Å². The second-order valence-electron chi connectivity index (χ2n) is 7.20. The summed E-state index contributed by atoms with van der Waals surface area (Å²) in [4.78, 5) is 12.4. The molecule has 4 rings (SSSR count). The van der Waals surface area contributed by atoms with E-state index >= 15 is 0 Å². The number of rotatable bonds is 2. The van der Waals surface area contributed by atoms with Gasteiger partial charge in [-0.3, -0.25) is 4.79 Å². The van der Waals surface area contributed by atoms with Crippen molar-refractivity contribution >= 4 is 5.91 Å². The predicted octanol–water partition coefficient (Wildman–Crippen LogP) is 1.81. The Balaban J connectivity index is 1.40. The molecule has 0 aromatic carbocycles. The zero-order valence-corrected chi connectivity index (χ0v) is 11.0. The summed E-state index contributed by atoms with van der Waals surface area (Å²) in [6.07, 6.45) is 9.50. The van der Waals surface area contributed by atoms with Crippen molar-refractivity contribution < 1.29 is 4.79 Å². The van der Waals surface area contributed by atoms with Crippen LogP contribution in [0.15, 0.2) is 0 Å². The normalized spacial score (nSPS) is 47.7. The van der Waals surface area contributed by atoms with E-state index in [1.165, 1.54) is 25.7 Å². The van der Waals surface area contributed by atoms with Crippen LogP contribution in [-0.4, -0.2) is 17.5 Å². The molecule has 4 fully saturated rings. The van der Waals surface area contributed by atoms with Crippen LogP contribution in [-0.2, 0) is 4.79 Å². The van der Waals surface area contributed by atoms with E-state index in [0.29, 0.717) is 6.04 Å². The fourth-order valence-corrected chi connectivity index (χ4v) is 5.22. The highest BCUT2D eigenvalue weighted by Gasteiger charge is 2.65. The third-order valence-corrected chi connectivity index (χ3v) is 6.23. The number of carbonyl (C=O) groups is 1. The Morgan fingerprint density at radius 3 is 2.28 bits per heavy atom. The van der Waals surface area contributed by atoms with Crippen molar-refractivity contribution in [3.05, 3.63) is 0 Å². The lowest BCUT2D eigenvalue weighted by atomic mass is 9.82. The molecular formula is C15H24N2O. The van der Waals surface area contributed by atoms with E-state index in [2.05, 4.69) is 5.32 Å². The molecule has 4 aliphatic rings. The number of nitrogens with two attached hydrogens (primary N) is 1. The lowest BCUT2D eigenvalue weighted by Gasteiger charge is -2.32. The molecule has 3 nitrogen and oxygen atoms in total. The fraction of sp³-hybridized carbons (Fsp3) is 0.933. The Kier molecular flexibility index (Phi) is 2.33. The summed E-state index contributed by atoms with van der Waals surface area (Å²) in [6.45, 7) is 0. The molecule has 1 amide bonds. The van der Waals surface area contributed by atoms with Gasteiger partial charge in [0.2, 0.25) is 5.91 Å². The second-order valence-corrected chi connectivity index (χ2v) is 7.20. The number of nitrogens with one attached hydrogen (secondary N) is 1. The Morgan fingerprint density at radius 1 is 1.06 bits per heavy atom. The fourth-order valence-electron chi connectivity index (χ4n) is 5.22. The average molecular weight is 248 g/mol. The van der Waals surface area contributed by atoms with Gasteiger partial charge in [0.1, 0.15) is 0 Å². The van der Waals surface area contributed by atoms with Crippen LogP contribution >= 0.6 is 0 Å². The van der Waals surface area contributed by atoms with Gasteiger partial charge >= 0.3 is 0 Å². The average Bonchev–Trinajstić information content (AvgIpc) is 2.78. The van der Waals surface area contributed by atoms with Crippen molar-refractivity contribution in [2.24, 2.45) is 29.4 Å². The molecule has 2 bridgehead atoms. The van der Waals surface area contributed by atoms with E-state index in [9.17, 15) is 4.79 Å². The largest absolute Gasteiger partial charge is 0.351 e. The summed E-state index contributed by atoms with van der Waals surface area (Å²) >= 11 is 0. The maximum absolute atomic E-state index is 12.4. The Bertz CT molecular complexity index is 359. The highest BCUT2D eigenvalue weighted by atomic mass is 16.2. The van der Waals surface area contributed by atoms with Gasteiger partial charge in [-0.25, -0.2) is 0 Å². The Labute approximate surface area is 109 Å². The molecule has 0 aromatic rings. The molecule has 3 heteroatoms. The minimum absolute atomic E-state index is 0.154. The third-order valence-electron chi connectivity index (χ3n) is 6.23. The number of hydrogen-bond donors (Lipinski definition) is 2. The van der Waals surface area contributed by atoms with E-state index in [0.717, 1.165) is 49.4 Å². The summed E-state index contributed by atoms with van der Waals surface area (Å²) < 4.78 is 0. The first-order valence-corrected chi connectivity index (χ1v) is 7.79. The topological polar surface area (TPSA) is 55.1 Å². The molecule has 100 valence electrons. The number of carbonyl (C=O) groups excluding carboxylic acids is 1. The summed E-state index contributed by atoms with van der Waals surface area (Å²) in [7, 11) is 0. The Morgan fingerprint density at radius 2 is 1.67 bits per heavy atom. The first-order valence-electron chi connectivity index (χ1n) is 7.79. The maximum Gasteiger partial charge on any atom is 0.240 e. The molecule has 0 saturated heterocycles. The van der Waals surface area contributed by atoms with Crippen molar-refractivity contribution in [2.45, 2.75) is 62.9 Å². The summed E-state index contributed by atoms with van der Waals surface area (Å²) in [6, 6.07) is 0.492. The first-order chi connectivity index (χ1) is 8.69. The van der Waals surface area contributed by atoms with E-state index < -0.39 is 5.54 Å². The van der Waals surface area contributed by atoms with Crippen LogP contribution in [0.25, 0.3) is 0 Å². The molecule has 3 N–H and O–H groups in total. The van der Waals surface area contributed by atoms with E-state index in [1.807, 2.05) is 0 Å². The minimum Gasteiger partial charge on any atom is -0.351 e. The van der Waals surface area contributed by atoms with Crippen LogP contribution in [0.2, 0.25) is 0 Å².